The van der Waals surface area contributed by atoms with Crippen molar-refractivity contribution in [3.8, 4) is 0 Å². The van der Waals surface area contributed by atoms with Crippen LogP contribution in [0.3, 0.4) is 0 Å². The third-order valence-corrected chi connectivity index (χ3v) is 2.58. The molecule has 102 valence electrons. The van der Waals surface area contributed by atoms with Crippen molar-refractivity contribution in [1.29, 1.82) is 0 Å². The van der Waals surface area contributed by atoms with Crippen molar-refractivity contribution in [2.24, 2.45) is 0 Å². The fraction of sp³-hybridized carbons (Fsp3) is 0.0769. The van der Waals surface area contributed by atoms with E-state index < -0.39 is 11.9 Å². The zero-order chi connectivity index (χ0) is 14.7. The van der Waals surface area contributed by atoms with Crippen LogP contribution >= 0.6 is 0 Å². The van der Waals surface area contributed by atoms with Gasteiger partial charge in [0, 0.05) is 18.0 Å². The number of aromatic nitrogens is 2. The van der Waals surface area contributed by atoms with E-state index in [1.807, 2.05) is 0 Å². The van der Waals surface area contributed by atoms with Crippen molar-refractivity contribution in [3.63, 3.8) is 0 Å². The molecular formula is C13H11N3O4. The van der Waals surface area contributed by atoms with Crippen LogP contribution in [0.2, 0.25) is 0 Å². The number of H-pyrrole nitrogens is 1. The van der Waals surface area contributed by atoms with Crippen LogP contribution in [-0.4, -0.2) is 32.7 Å². The van der Waals surface area contributed by atoms with Crippen LogP contribution in [0.25, 0.3) is 0 Å². The van der Waals surface area contributed by atoms with E-state index in [9.17, 15) is 14.4 Å². The first-order chi connectivity index (χ1) is 9.47. The molecule has 0 saturated carbocycles. The number of amides is 1. The molecule has 2 aromatic heterocycles. The third kappa shape index (κ3) is 2.89. The number of aromatic amines is 1. The van der Waals surface area contributed by atoms with Crippen LogP contribution in [0.1, 0.15) is 38.1 Å². The highest BCUT2D eigenvalue weighted by Crippen LogP contribution is 2.10. The average molecular weight is 273 g/mol. The fourth-order valence-corrected chi connectivity index (χ4v) is 1.54. The summed E-state index contributed by atoms with van der Waals surface area (Å²) in [5, 5.41) is 11.3. The second-order valence-electron chi connectivity index (χ2n) is 4.05. The molecule has 0 aliphatic carbocycles. The highest BCUT2D eigenvalue weighted by Gasteiger charge is 2.12. The molecule has 7 heteroatoms. The van der Waals surface area contributed by atoms with Crippen molar-refractivity contribution >= 4 is 23.5 Å². The highest BCUT2D eigenvalue weighted by molar-refractivity contribution is 6.05. The van der Waals surface area contributed by atoms with Gasteiger partial charge in [0.1, 0.15) is 11.5 Å². The Kier molecular flexibility index (Phi) is 3.60. The van der Waals surface area contributed by atoms with E-state index in [-0.39, 0.29) is 22.9 Å². The first kappa shape index (κ1) is 13.5. The summed E-state index contributed by atoms with van der Waals surface area (Å²) < 4.78 is 0. The second-order valence-corrected chi connectivity index (χ2v) is 4.05. The number of hydrogen-bond acceptors (Lipinski definition) is 4. The highest BCUT2D eigenvalue weighted by atomic mass is 16.4. The molecule has 0 unspecified atom stereocenters. The van der Waals surface area contributed by atoms with Gasteiger partial charge in [0.25, 0.3) is 5.91 Å². The minimum Gasteiger partial charge on any atom is -0.478 e. The average Bonchev–Trinajstić information content (AvgIpc) is 2.88. The number of nitrogens with zero attached hydrogens (tertiary/aromatic N) is 1. The molecule has 2 rings (SSSR count). The second kappa shape index (κ2) is 5.35. The van der Waals surface area contributed by atoms with E-state index in [4.69, 9.17) is 5.11 Å². The maximum Gasteiger partial charge on any atom is 0.335 e. The van der Waals surface area contributed by atoms with E-state index in [1.54, 1.807) is 0 Å². The van der Waals surface area contributed by atoms with Gasteiger partial charge in [0.2, 0.25) is 0 Å². The summed E-state index contributed by atoms with van der Waals surface area (Å²) in [5.41, 5.74) is 0.603. The molecular weight excluding hydrogens is 262 g/mol. The number of aromatic carboxylic acids is 1. The van der Waals surface area contributed by atoms with E-state index in [1.165, 1.54) is 37.5 Å². The molecule has 0 radical (unpaired) electrons. The Morgan fingerprint density at radius 1 is 1.25 bits per heavy atom. The summed E-state index contributed by atoms with van der Waals surface area (Å²) >= 11 is 0. The molecule has 0 bridgehead atoms. The molecule has 7 nitrogen and oxygen atoms in total. The van der Waals surface area contributed by atoms with E-state index >= 15 is 0 Å². The molecule has 20 heavy (non-hydrogen) atoms. The smallest absolute Gasteiger partial charge is 0.335 e. The lowest BCUT2D eigenvalue weighted by atomic mass is 10.2. The first-order valence-electron chi connectivity index (χ1n) is 5.67. The van der Waals surface area contributed by atoms with Crippen molar-refractivity contribution in [2.45, 2.75) is 6.92 Å². The van der Waals surface area contributed by atoms with Gasteiger partial charge in [-0.3, -0.25) is 9.59 Å². The number of nitrogens with one attached hydrogen (secondary N) is 2. The molecule has 0 atom stereocenters. The quantitative estimate of drug-likeness (QED) is 0.732. The summed E-state index contributed by atoms with van der Waals surface area (Å²) in [5.74, 6) is -1.66. The predicted octanol–water partition coefficient (Wildman–Crippen LogP) is 1.56. The SMILES string of the molecule is CC(=O)c1c[nH]c(C(=O)Nc2cc(C(=O)O)ccn2)c1. The van der Waals surface area contributed by atoms with Crippen molar-refractivity contribution in [3.05, 3.63) is 47.4 Å². The first-order valence-corrected chi connectivity index (χ1v) is 5.67. The van der Waals surface area contributed by atoms with Gasteiger partial charge >= 0.3 is 5.97 Å². The largest absolute Gasteiger partial charge is 0.478 e. The molecule has 0 saturated heterocycles. The van der Waals surface area contributed by atoms with Gasteiger partial charge in [-0.05, 0) is 25.1 Å². The molecule has 0 fully saturated rings. The number of carbonyl (C=O) groups is 3. The van der Waals surface area contributed by atoms with Crippen LogP contribution in [0.4, 0.5) is 5.82 Å². The predicted molar refractivity (Wildman–Crippen MR) is 69.9 cm³/mol. The molecule has 0 aliphatic heterocycles. The Morgan fingerprint density at radius 3 is 2.60 bits per heavy atom. The molecule has 1 amide bonds. The lowest BCUT2D eigenvalue weighted by Gasteiger charge is -2.03. The summed E-state index contributed by atoms with van der Waals surface area (Å²) in [6.45, 7) is 1.39. The van der Waals surface area contributed by atoms with Crippen LogP contribution < -0.4 is 5.32 Å². The number of ketones is 1. The molecule has 2 aromatic rings. The monoisotopic (exact) mass is 273 g/mol. The van der Waals surface area contributed by atoms with Gasteiger partial charge in [-0.15, -0.1) is 0 Å². The Morgan fingerprint density at radius 2 is 2.00 bits per heavy atom. The molecule has 0 aliphatic rings. The number of carboxylic acid groups (broad SMARTS) is 1. The number of carbonyl (C=O) groups excluding carboxylic acids is 2. The standard InChI is InChI=1S/C13H11N3O4/c1-7(17)9-4-10(15-6-9)12(18)16-11-5-8(13(19)20)2-3-14-11/h2-6,15H,1H3,(H,19,20)(H,14,16,18). The van der Waals surface area contributed by atoms with Crippen molar-refractivity contribution in [2.75, 3.05) is 5.32 Å². The zero-order valence-corrected chi connectivity index (χ0v) is 10.5. The van der Waals surface area contributed by atoms with Crippen molar-refractivity contribution in [1.82, 2.24) is 9.97 Å². The number of carboxylic acids is 1. The van der Waals surface area contributed by atoms with Gasteiger partial charge in [0.05, 0.1) is 5.56 Å². The summed E-state index contributed by atoms with van der Waals surface area (Å²) in [7, 11) is 0. The molecule has 3 N–H and O–H groups in total. The van der Waals surface area contributed by atoms with Gasteiger partial charge < -0.3 is 15.4 Å². The summed E-state index contributed by atoms with van der Waals surface area (Å²) in [6.07, 6.45) is 2.72. The number of pyridine rings is 1. The summed E-state index contributed by atoms with van der Waals surface area (Å²) in [6, 6.07) is 3.98. The maximum absolute atomic E-state index is 11.9. The number of anilines is 1. The Bertz CT molecular complexity index is 690. The lowest BCUT2D eigenvalue weighted by molar-refractivity contribution is 0.0696. The lowest BCUT2D eigenvalue weighted by Crippen LogP contribution is -2.13. The van der Waals surface area contributed by atoms with Gasteiger partial charge in [-0.2, -0.15) is 0 Å². The van der Waals surface area contributed by atoms with E-state index in [2.05, 4.69) is 15.3 Å². The minimum atomic E-state index is -1.11. The van der Waals surface area contributed by atoms with E-state index in [0.717, 1.165) is 0 Å². The maximum atomic E-state index is 11.9. The topological polar surface area (TPSA) is 112 Å². The Labute approximate surface area is 113 Å². The van der Waals surface area contributed by atoms with Crippen LogP contribution in [-0.2, 0) is 0 Å². The van der Waals surface area contributed by atoms with Gasteiger partial charge in [-0.25, -0.2) is 9.78 Å². The molecule has 2 heterocycles. The third-order valence-electron chi connectivity index (χ3n) is 2.58. The van der Waals surface area contributed by atoms with Crippen LogP contribution in [0.15, 0.2) is 30.6 Å². The number of Topliss-reactive ketones (excluding diaryl/α,β-unsaturated/α-hetero) is 1. The fourth-order valence-electron chi connectivity index (χ4n) is 1.54. The van der Waals surface area contributed by atoms with Crippen LogP contribution in [0, 0.1) is 0 Å². The molecule has 0 aromatic carbocycles. The number of hydrogen-bond donors (Lipinski definition) is 3. The minimum absolute atomic E-state index is 0.0196. The normalized spacial score (nSPS) is 10.1. The van der Waals surface area contributed by atoms with Gasteiger partial charge in [0.15, 0.2) is 5.78 Å². The van der Waals surface area contributed by atoms with E-state index in [0.29, 0.717) is 5.56 Å². The number of rotatable bonds is 4. The molecule has 0 spiro atoms. The van der Waals surface area contributed by atoms with Crippen molar-refractivity contribution < 1.29 is 19.5 Å². The zero-order valence-electron chi connectivity index (χ0n) is 10.5. The summed E-state index contributed by atoms with van der Waals surface area (Å²) in [4.78, 5) is 40.3. The Balaban J connectivity index is 2.16. The van der Waals surface area contributed by atoms with Gasteiger partial charge in [-0.1, -0.05) is 0 Å². The van der Waals surface area contributed by atoms with Crippen LogP contribution in [0.5, 0.6) is 0 Å². The Hall–Kier alpha value is -2.96.